The van der Waals surface area contributed by atoms with Gasteiger partial charge in [-0.2, -0.15) is 0 Å². The molecule has 0 saturated carbocycles. The number of hydrogen-bond donors (Lipinski definition) is 0. The maximum atomic E-state index is 10.8. The number of carbonyl (C=O) groups is 1. The molecule has 0 bridgehead atoms. The third-order valence-corrected chi connectivity index (χ3v) is 4.44. The minimum Gasteiger partial charge on any atom is -0.366 e. The lowest BCUT2D eigenvalue weighted by molar-refractivity contribution is 0.112. The van der Waals surface area contributed by atoms with Crippen molar-refractivity contribution in [2.75, 3.05) is 11.4 Å². The smallest absolute Gasteiger partial charge is 0.150 e. The molecule has 2 aromatic rings. The Morgan fingerprint density at radius 2 is 1.90 bits per heavy atom. The van der Waals surface area contributed by atoms with Crippen molar-refractivity contribution in [1.82, 2.24) is 0 Å². The molecule has 0 N–H and O–H groups in total. The van der Waals surface area contributed by atoms with Crippen LogP contribution in [0.3, 0.4) is 0 Å². The number of hydrogen-bond acceptors (Lipinski definition) is 2. The summed E-state index contributed by atoms with van der Waals surface area (Å²) in [6.07, 6.45) is 3.17. The number of halogens is 1. The molecule has 0 radical (unpaired) electrons. The molecule has 0 fully saturated rings. The number of aldehydes is 1. The SMILES string of the molecule is O=Cc1ccc(N2CCCc3ccccc3C2)c(Br)c1. The Bertz CT molecular complexity index is 639. The highest BCUT2D eigenvalue weighted by atomic mass is 79.9. The predicted molar refractivity (Wildman–Crippen MR) is 85.3 cm³/mol. The van der Waals surface area contributed by atoms with Crippen molar-refractivity contribution in [3.05, 3.63) is 63.6 Å². The van der Waals surface area contributed by atoms with Gasteiger partial charge in [-0.1, -0.05) is 24.3 Å². The van der Waals surface area contributed by atoms with Gasteiger partial charge in [-0.3, -0.25) is 4.79 Å². The summed E-state index contributed by atoms with van der Waals surface area (Å²) in [4.78, 5) is 13.2. The summed E-state index contributed by atoms with van der Waals surface area (Å²) < 4.78 is 0.987. The second kappa shape index (κ2) is 5.80. The molecule has 1 aliphatic heterocycles. The highest BCUT2D eigenvalue weighted by Crippen LogP contribution is 2.30. The van der Waals surface area contributed by atoms with E-state index in [0.717, 1.165) is 42.4 Å². The fourth-order valence-electron chi connectivity index (χ4n) is 2.76. The molecule has 0 amide bonds. The summed E-state index contributed by atoms with van der Waals surface area (Å²) >= 11 is 3.59. The van der Waals surface area contributed by atoms with Gasteiger partial charge in [0.1, 0.15) is 6.29 Å². The monoisotopic (exact) mass is 329 g/mol. The normalized spacial score (nSPS) is 14.6. The average molecular weight is 330 g/mol. The topological polar surface area (TPSA) is 20.3 Å². The van der Waals surface area contributed by atoms with E-state index in [1.54, 1.807) is 0 Å². The second-order valence-electron chi connectivity index (χ2n) is 5.12. The fourth-order valence-corrected chi connectivity index (χ4v) is 3.41. The Labute approximate surface area is 127 Å². The van der Waals surface area contributed by atoms with E-state index in [1.165, 1.54) is 11.1 Å². The molecule has 2 nitrogen and oxygen atoms in total. The third-order valence-electron chi connectivity index (χ3n) is 3.80. The molecule has 3 rings (SSSR count). The van der Waals surface area contributed by atoms with Gasteiger partial charge in [0.05, 0.1) is 5.69 Å². The van der Waals surface area contributed by atoms with E-state index >= 15 is 0 Å². The van der Waals surface area contributed by atoms with Gasteiger partial charge in [0.25, 0.3) is 0 Å². The van der Waals surface area contributed by atoms with Crippen LogP contribution in [0.4, 0.5) is 5.69 Å². The Morgan fingerprint density at radius 3 is 2.65 bits per heavy atom. The predicted octanol–water partition coefficient (Wildman–Crippen LogP) is 4.21. The molecular weight excluding hydrogens is 314 g/mol. The molecule has 0 aliphatic carbocycles. The van der Waals surface area contributed by atoms with Gasteiger partial charge in [0, 0.05) is 23.1 Å². The van der Waals surface area contributed by atoms with Crippen LogP contribution in [0.2, 0.25) is 0 Å². The minimum absolute atomic E-state index is 0.704. The lowest BCUT2D eigenvalue weighted by Crippen LogP contribution is -2.22. The zero-order valence-corrected chi connectivity index (χ0v) is 12.8. The first-order chi connectivity index (χ1) is 9.78. The van der Waals surface area contributed by atoms with Crippen LogP contribution in [0.25, 0.3) is 0 Å². The van der Waals surface area contributed by atoms with Gasteiger partial charge in [0.2, 0.25) is 0 Å². The maximum absolute atomic E-state index is 10.8. The quantitative estimate of drug-likeness (QED) is 0.769. The molecule has 0 aromatic heterocycles. The number of rotatable bonds is 2. The average Bonchev–Trinajstić information content (AvgIpc) is 2.69. The van der Waals surface area contributed by atoms with Crippen molar-refractivity contribution in [2.45, 2.75) is 19.4 Å². The molecule has 1 aliphatic rings. The minimum atomic E-state index is 0.704. The molecule has 20 heavy (non-hydrogen) atoms. The van der Waals surface area contributed by atoms with Gasteiger partial charge in [-0.25, -0.2) is 0 Å². The first kappa shape index (κ1) is 13.4. The summed E-state index contributed by atoms with van der Waals surface area (Å²) in [6.45, 7) is 1.96. The number of aryl methyl sites for hydroxylation is 1. The molecule has 1 heterocycles. The van der Waals surface area contributed by atoms with E-state index in [0.29, 0.717) is 5.56 Å². The molecule has 0 saturated heterocycles. The van der Waals surface area contributed by atoms with Gasteiger partial charge in [0.15, 0.2) is 0 Å². The Hall–Kier alpha value is -1.61. The molecule has 0 atom stereocenters. The van der Waals surface area contributed by atoms with Gasteiger partial charge >= 0.3 is 0 Å². The Balaban J connectivity index is 1.93. The van der Waals surface area contributed by atoms with E-state index in [4.69, 9.17) is 0 Å². The highest BCUT2D eigenvalue weighted by molar-refractivity contribution is 9.10. The van der Waals surface area contributed by atoms with Crippen molar-refractivity contribution in [2.24, 2.45) is 0 Å². The van der Waals surface area contributed by atoms with Crippen LogP contribution >= 0.6 is 15.9 Å². The summed E-state index contributed by atoms with van der Waals surface area (Å²) in [5.41, 5.74) is 4.72. The second-order valence-corrected chi connectivity index (χ2v) is 5.98. The van der Waals surface area contributed by atoms with Crippen LogP contribution in [0.15, 0.2) is 46.9 Å². The Kier molecular flexibility index (Phi) is 3.88. The van der Waals surface area contributed by atoms with Crippen LogP contribution in [-0.4, -0.2) is 12.8 Å². The number of benzene rings is 2. The molecular formula is C17H16BrNO. The number of fused-ring (bicyclic) bond motifs is 1. The molecule has 3 heteroatoms. The lowest BCUT2D eigenvalue weighted by atomic mass is 10.0. The van der Waals surface area contributed by atoms with Crippen molar-refractivity contribution in [3.63, 3.8) is 0 Å². The van der Waals surface area contributed by atoms with Crippen molar-refractivity contribution in [1.29, 1.82) is 0 Å². The first-order valence-electron chi connectivity index (χ1n) is 6.84. The third kappa shape index (κ3) is 2.63. The molecule has 0 unspecified atom stereocenters. The molecule has 102 valence electrons. The van der Waals surface area contributed by atoms with Crippen LogP contribution < -0.4 is 4.90 Å². The van der Waals surface area contributed by atoms with E-state index < -0.39 is 0 Å². The van der Waals surface area contributed by atoms with E-state index in [9.17, 15) is 4.79 Å². The van der Waals surface area contributed by atoms with Crippen LogP contribution in [0, 0.1) is 0 Å². The van der Waals surface area contributed by atoms with Crippen LogP contribution in [-0.2, 0) is 13.0 Å². The largest absolute Gasteiger partial charge is 0.366 e. The highest BCUT2D eigenvalue weighted by Gasteiger charge is 2.16. The van der Waals surface area contributed by atoms with Crippen molar-refractivity contribution >= 4 is 27.9 Å². The standard InChI is InChI=1S/C17H16BrNO/c18-16-10-13(12-20)7-8-17(16)19-9-3-6-14-4-1-2-5-15(14)11-19/h1-2,4-5,7-8,10,12H,3,6,9,11H2. The van der Waals surface area contributed by atoms with Crippen LogP contribution in [0.1, 0.15) is 27.9 Å². The van der Waals surface area contributed by atoms with Crippen molar-refractivity contribution < 1.29 is 4.79 Å². The van der Waals surface area contributed by atoms with Crippen LogP contribution in [0.5, 0.6) is 0 Å². The van der Waals surface area contributed by atoms with E-state index in [2.05, 4.69) is 45.1 Å². The van der Waals surface area contributed by atoms with E-state index in [-0.39, 0.29) is 0 Å². The summed E-state index contributed by atoms with van der Waals surface area (Å²) in [5, 5.41) is 0. The zero-order chi connectivity index (χ0) is 13.9. The summed E-state index contributed by atoms with van der Waals surface area (Å²) in [7, 11) is 0. The number of anilines is 1. The van der Waals surface area contributed by atoms with Crippen molar-refractivity contribution in [3.8, 4) is 0 Å². The molecule has 0 spiro atoms. The molecule has 2 aromatic carbocycles. The number of nitrogens with zero attached hydrogens (tertiary/aromatic N) is 1. The Morgan fingerprint density at radius 1 is 1.10 bits per heavy atom. The lowest BCUT2D eigenvalue weighted by Gasteiger charge is -2.24. The fraction of sp³-hybridized carbons (Fsp3) is 0.235. The van der Waals surface area contributed by atoms with Gasteiger partial charge in [-0.05, 0) is 58.1 Å². The van der Waals surface area contributed by atoms with E-state index in [1.807, 2.05) is 18.2 Å². The zero-order valence-electron chi connectivity index (χ0n) is 11.2. The summed E-state index contributed by atoms with van der Waals surface area (Å²) in [5.74, 6) is 0. The first-order valence-corrected chi connectivity index (χ1v) is 7.63. The summed E-state index contributed by atoms with van der Waals surface area (Å²) in [6, 6.07) is 14.5. The van der Waals surface area contributed by atoms with Gasteiger partial charge in [-0.15, -0.1) is 0 Å². The number of carbonyl (C=O) groups excluding carboxylic acids is 1. The van der Waals surface area contributed by atoms with Gasteiger partial charge < -0.3 is 4.90 Å². The maximum Gasteiger partial charge on any atom is 0.150 e.